The standard InChI is InChI=1S/C20H26N2O5S2/c1-4-27-20-9-8-19(12-15(20)3)29(25,26)21-18-7-6-16-10-11-22(14-17(16)13-18)28(23,24)5-2/h6-9,12-13,21H,4-5,10-11,14H2,1-3H3. The molecule has 0 amide bonds. The summed E-state index contributed by atoms with van der Waals surface area (Å²) in [6, 6.07) is 10.0. The Morgan fingerprint density at radius 2 is 1.79 bits per heavy atom. The minimum atomic E-state index is -3.78. The molecule has 1 aliphatic heterocycles. The molecule has 2 aromatic rings. The summed E-state index contributed by atoms with van der Waals surface area (Å²) in [5, 5.41) is 0. The Morgan fingerprint density at radius 1 is 1.03 bits per heavy atom. The van der Waals surface area contributed by atoms with Crippen LogP contribution in [-0.2, 0) is 33.0 Å². The highest BCUT2D eigenvalue weighted by Gasteiger charge is 2.26. The molecule has 0 unspecified atom stereocenters. The van der Waals surface area contributed by atoms with Gasteiger partial charge in [0.2, 0.25) is 10.0 Å². The van der Waals surface area contributed by atoms with E-state index in [1.54, 1.807) is 38.1 Å². The van der Waals surface area contributed by atoms with Crippen LogP contribution < -0.4 is 9.46 Å². The summed E-state index contributed by atoms with van der Waals surface area (Å²) >= 11 is 0. The number of anilines is 1. The lowest BCUT2D eigenvalue weighted by Gasteiger charge is -2.28. The van der Waals surface area contributed by atoms with Gasteiger partial charge in [-0.05, 0) is 74.2 Å². The Bertz CT molecular complexity index is 1110. The lowest BCUT2D eigenvalue weighted by molar-refractivity contribution is 0.337. The Morgan fingerprint density at radius 3 is 2.45 bits per heavy atom. The zero-order chi connectivity index (χ0) is 21.2. The van der Waals surface area contributed by atoms with Crippen molar-refractivity contribution in [2.24, 2.45) is 0 Å². The van der Waals surface area contributed by atoms with Gasteiger partial charge in [0.25, 0.3) is 10.0 Å². The largest absolute Gasteiger partial charge is 0.494 e. The predicted molar refractivity (Wildman–Crippen MR) is 113 cm³/mol. The third kappa shape index (κ3) is 4.73. The van der Waals surface area contributed by atoms with Crippen molar-refractivity contribution in [3.8, 4) is 5.75 Å². The van der Waals surface area contributed by atoms with Crippen molar-refractivity contribution < 1.29 is 21.6 Å². The normalized spacial score (nSPS) is 15.0. The average molecular weight is 439 g/mol. The first-order valence-corrected chi connectivity index (χ1v) is 12.6. The maximum atomic E-state index is 12.8. The second-order valence-corrected chi connectivity index (χ2v) is 10.9. The summed E-state index contributed by atoms with van der Waals surface area (Å²) in [4.78, 5) is 0.145. The summed E-state index contributed by atoms with van der Waals surface area (Å²) in [6.45, 7) is 6.49. The number of benzene rings is 2. The van der Waals surface area contributed by atoms with E-state index in [4.69, 9.17) is 4.74 Å². The van der Waals surface area contributed by atoms with E-state index >= 15 is 0 Å². The molecule has 0 spiro atoms. The quantitative estimate of drug-likeness (QED) is 0.718. The van der Waals surface area contributed by atoms with Crippen molar-refractivity contribution in [3.05, 3.63) is 53.1 Å². The minimum absolute atomic E-state index is 0.0474. The summed E-state index contributed by atoms with van der Waals surface area (Å²) in [7, 11) is -7.06. The predicted octanol–water partition coefficient (Wildman–Crippen LogP) is 2.90. The molecule has 3 rings (SSSR count). The fourth-order valence-electron chi connectivity index (χ4n) is 3.34. The van der Waals surface area contributed by atoms with E-state index in [2.05, 4.69) is 4.72 Å². The van der Waals surface area contributed by atoms with Crippen molar-refractivity contribution in [1.29, 1.82) is 0 Å². The molecule has 0 aromatic heterocycles. The van der Waals surface area contributed by atoms with Crippen molar-refractivity contribution >= 4 is 25.7 Å². The number of nitrogens with one attached hydrogen (secondary N) is 1. The molecule has 1 N–H and O–H groups in total. The number of rotatable bonds is 7. The third-order valence-corrected chi connectivity index (χ3v) is 8.16. The van der Waals surface area contributed by atoms with E-state index in [9.17, 15) is 16.8 Å². The number of nitrogens with zero attached hydrogens (tertiary/aromatic N) is 1. The van der Waals surface area contributed by atoms with Gasteiger partial charge in [0.15, 0.2) is 0 Å². The molecule has 29 heavy (non-hydrogen) atoms. The molecule has 0 saturated carbocycles. The van der Waals surface area contributed by atoms with Crippen LogP contribution in [0.4, 0.5) is 5.69 Å². The molecule has 1 aliphatic rings. The first-order chi connectivity index (χ1) is 13.7. The SMILES string of the molecule is CCOc1ccc(S(=O)(=O)Nc2ccc3c(c2)CN(S(=O)(=O)CC)CC3)cc1C. The average Bonchev–Trinajstić information content (AvgIpc) is 2.68. The smallest absolute Gasteiger partial charge is 0.261 e. The van der Waals surface area contributed by atoms with Crippen LogP contribution >= 0.6 is 0 Å². The van der Waals surface area contributed by atoms with Crippen LogP contribution in [0.1, 0.15) is 30.5 Å². The zero-order valence-corrected chi connectivity index (χ0v) is 18.4. The Balaban J connectivity index is 1.84. The molecule has 1 heterocycles. The van der Waals surface area contributed by atoms with Gasteiger partial charge in [-0.25, -0.2) is 16.8 Å². The van der Waals surface area contributed by atoms with Crippen LogP contribution in [0, 0.1) is 6.92 Å². The van der Waals surface area contributed by atoms with Crippen LogP contribution in [0.15, 0.2) is 41.3 Å². The van der Waals surface area contributed by atoms with Gasteiger partial charge < -0.3 is 4.74 Å². The van der Waals surface area contributed by atoms with Gasteiger partial charge in [0.05, 0.1) is 17.3 Å². The van der Waals surface area contributed by atoms with Crippen LogP contribution in [0.5, 0.6) is 5.75 Å². The molecule has 0 fully saturated rings. The van der Waals surface area contributed by atoms with E-state index < -0.39 is 20.0 Å². The van der Waals surface area contributed by atoms with Gasteiger partial charge in [0.1, 0.15) is 5.75 Å². The Labute approximate surface area is 172 Å². The van der Waals surface area contributed by atoms with Crippen LogP contribution in [-0.4, -0.2) is 40.0 Å². The van der Waals surface area contributed by atoms with E-state index in [1.807, 2.05) is 13.0 Å². The zero-order valence-electron chi connectivity index (χ0n) is 16.8. The second-order valence-electron chi connectivity index (χ2n) is 6.93. The van der Waals surface area contributed by atoms with E-state index in [1.165, 1.54) is 10.4 Å². The summed E-state index contributed by atoms with van der Waals surface area (Å²) in [5.74, 6) is 0.698. The summed E-state index contributed by atoms with van der Waals surface area (Å²) in [6.07, 6.45) is 0.611. The number of hydrogen-bond acceptors (Lipinski definition) is 5. The maximum Gasteiger partial charge on any atom is 0.261 e. The van der Waals surface area contributed by atoms with Crippen LogP contribution in [0.3, 0.4) is 0 Å². The molecule has 0 atom stereocenters. The van der Waals surface area contributed by atoms with Crippen LogP contribution in [0.25, 0.3) is 0 Å². The first kappa shape index (κ1) is 21.6. The van der Waals surface area contributed by atoms with Crippen molar-refractivity contribution in [2.75, 3.05) is 23.6 Å². The molecular formula is C20H26N2O5S2. The third-order valence-electron chi connectivity index (χ3n) is 4.95. The van der Waals surface area contributed by atoms with Crippen molar-refractivity contribution in [3.63, 3.8) is 0 Å². The summed E-state index contributed by atoms with van der Waals surface area (Å²) < 4.78 is 59.5. The van der Waals surface area contributed by atoms with Gasteiger partial charge in [0, 0.05) is 18.8 Å². The number of fused-ring (bicyclic) bond motifs is 1. The van der Waals surface area contributed by atoms with Gasteiger partial charge in [-0.1, -0.05) is 6.07 Å². The first-order valence-electron chi connectivity index (χ1n) is 9.52. The maximum absolute atomic E-state index is 12.8. The van der Waals surface area contributed by atoms with Crippen LogP contribution in [0.2, 0.25) is 0 Å². The monoisotopic (exact) mass is 438 g/mol. The lowest BCUT2D eigenvalue weighted by atomic mass is 10.0. The molecule has 158 valence electrons. The highest BCUT2D eigenvalue weighted by atomic mass is 32.2. The minimum Gasteiger partial charge on any atom is -0.494 e. The molecule has 0 aliphatic carbocycles. The molecule has 7 nitrogen and oxygen atoms in total. The fraction of sp³-hybridized carbons (Fsp3) is 0.400. The van der Waals surface area contributed by atoms with Gasteiger partial charge in [-0.2, -0.15) is 4.31 Å². The van der Waals surface area contributed by atoms with E-state index in [0.29, 0.717) is 31.0 Å². The van der Waals surface area contributed by atoms with E-state index in [-0.39, 0.29) is 17.2 Å². The van der Waals surface area contributed by atoms with Gasteiger partial charge >= 0.3 is 0 Å². The number of aryl methyl sites for hydroxylation is 1. The molecular weight excluding hydrogens is 412 g/mol. The number of hydrogen-bond donors (Lipinski definition) is 1. The fourth-order valence-corrected chi connectivity index (χ4v) is 5.54. The number of sulfonamides is 2. The summed E-state index contributed by atoms with van der Waals surface area (Å²) in [5.41, 5.74) is 3.00. The lowest BCUT2D eigenvalue weighted by Crippen LogP contribution is -2.36. The molecule has 9 heteroatoms. The Hall–Kier alpha value is -2.10. The molecule has 2 aromatic carbocycles. The van der Waals surface area contributed by atoms with E-state index in [0.717, 1.165) is 16.7 Å². The van der Waals surface area contributed by atoms with Gasteiger partial charge in [-0.15, -0.1) is 0 Å². The number of ether oxygens (including phenoxy) is 1. The van der Waals surface area contributed by atoms with Crippen molar-refractivity contribution in [2.45, 2.75) is 38.6 Å². The highest BCUT2D eigenvalue weighted by Crippen LogP contribution is 2.27. The Kier molecular flexibility index (Phi) is 6.21. The van der Waals surface area contributed by atoms with Gasteiger partial charge in [-0.3, -0.25) is 4.72 Å². The molecule has 0 radical (unpaired) electrons. The molecule has 0 saturated heterocycles. The highest BCUT2D eigenvalue weighted by molar-refractivity contribution is 7.92. The second kappa shape index (κ2) is 8.33. The molecule has 0 bridgehead atoms. The van der Waals surface area contributed by atoms with Crippen molar-refractivity contribution in [1.82, 2.24) is 4.31 Å². The topological polar surface area (TPSA) is 92.8 Å².